The molecule has 3 aromatic carbocycles. The van der Waals surface area contributed by atoms with Crippen LogP contribution in [0.15, 0.2) is 75.0 Å². The smallest absolute Gasteiger partial charge is 0.282 e. The molecule has 194 valence electrons. The molecular formula is C28H24BrFN4O4. The number of ether oxygens (including phenoxy) is 1. The van der Waals surface area contributed by atoms with Gasteiger partial charge in [0.25, 0.3) is 11.2 Å². The molecule has 1 aliphatic carbocycles. The molecule has 0 radical (unpaired) electrons. The molecule has 0 atom stereocenters. The zero-order chi connectivity index (χ0) is 26.6. The van der Waals surface area contributed by atoms with E-state index in [0.717, 1.165) is 36.6 Å². The lowest BCUT2D eigenvalue weighted by Gasteiger charge is -2.22. The highest BCUT2D eigenvalue weighted by Gasteiger charge is 2.23. The second-order valence-electron chi connectivity index (χ2n) is 9.19. The summed E-state index contributed by atoms with van der Waals surface area (Å²) in [6.45, 7) is -0.0792. The molecule has 0 N–H and O–H groups in total. The summed E-state index contributed by atoms with van der Waals surface area (Å²) >= 11 is 3.41. The minimum Gasteiger partial charge on any atom is -0.488 e. The van der Waals surface area contributed by atoms with Crippen LogP contribution in [0.4, 0.5) is 10.1 Å². The number of nitrogens with zero attached hydrogens (tertiary/aromatic N) is 4. The van der Waals surface area contributed by atoms with Crippen LogP contribution < -0.4 is 10.3 Å². The molecule has 0 unspecified atom stereocenters. The zero-order valence-electron chi connectivity index (χ0n) is 20.3. The van der Waals surface area contributed by atoms with Crippen LogP contribution in [0.3, 0.4) is 0 Å². The molecule has 1 heterocycles. The second kappa shape index (κ2) is 11.2. The summed E-state index contributed by atoms with van der Waals surface area (Å²) in [4.78, 5) is 29.3. The number of halogens is 2. The summed E-state index contributed by atoms with van der Waals surface area (Å²) < 4.78 is 22.0. The topological polar surface area (TPSA) is 99.6 Å². The molecular weight excluding hydrogens is 555 g/mol. The fourth-order valence-electron chi connectivity index (χ4n) is 4.68. The minimum absolute atomic E-state index is 0.0727. The van der Waals surface area contributed by atoms with Gasteiger partial charge < -0.3 is 4.74 Å². The molecule has 0 aliphatic heterocycles. The highest BCUT2D eigenvalue weighted by molar-refractivity contribution is 9.10. The van der Waals surface area contributed by atoms with Gasteiger partial charge in [-0.1, -0.05) is 53.4 Å². The van der Waals surface area contributed by atoms with Crippen molar-refractivity contribution in [3.63, 3.8) is 0 Å². The molecule has 38 heavy (non-hydrogen) atoms. The van der Waals surface area contributed by atoms with Crippen molar-refractivity contribution in [3.8, 4) is 5.75 Å². The number of non-ortho nitro benzene ring substituents is 1. The molecule has 0 bridgehead atoms. The molecule has 10 heteroatoms. The first-order valence-corrected chi connectivity index (χ1v) is 13.1. The Balaban J connectivity index is 1.58. The molecule has 1 aliphatic rings. The average Bonchev–Trinajstić information content (AvgIpc) is 2.93. The molecule has 0 saturated heterocycles. The van der Waals surface area contributed by atoms with Crippen LogP contribution in [0.1, 0.15) is 55.0 Å². The van der Waals surface area contributed by atoms with Crippen LogP contribution in [0.2, 0.25) is 0 Å². The van der Waals surface area contributed by atoms with Gasteiger partial charge in [-0.05, 0) is 43.2 Å². The van der Waals surface area contributed by atoms with E-state index in [2.05, 4.69) is 21.0 Å². The summed E-state index contributed by atoms with van der Waals surface area (Å²) in [5.74, 6) is 0.497. The van der Waals surface area contributed by atoms with Gasteiger partial charge in [0.15, 0.2) is 0 Å². The van der Waals surface area contributed by atoms with Gasteiger partial charge in [-0.3, -0.25) is 14.9 Å². The van der Waals surface area contributed by atoms with Crippen molar-refractivity contribution in [2.24, 2.45) is 5.10 Å². The maximum absolute atomic E-state index is 14.1. The standard InChI is InChI=1S/C28H24BrFN4O4/c29-21-10-12-25-23(15-21)28(35)33(27(32-25)18-6-2-1-3-7-18)31-16-20-14-22(34(36)37)11-13-26(20)38-17-19-8-4-5-9-24(19)30/h4-5,8-16,18H,1-3,6-7,17H2. The first-order chi connectivity index (χ1) is 18.4. The summed E-state index contributed by atoms with van der Waals surface area (Å²) in [6, 6.07) is 15.6. The highest BCUT2D eigenvalue weighted by Crippen LogP contribution is 2.32. The van der Waals surface area contributed by atoms with E-state index in [9.17, 15) is 19.3 Å². The van der Waals surface area contributed by atoms with Crippen molar-refractivity contribution >= 4 is 38.7 Å². The van der Waals surface area contributed by atoms with Crippen molar-refractivity contribution < 1.29 is 14.1 Å². The molecule has 4 aromatic rings. The summed E-state index contributed by atoms with van der Waals surface area (Å²) in [5.41, 5.74) is 0.729. The number of rotatable bonds is 7. The number of benzene rings is 3. The maximum Gasteiger partial charge on any atom is 0.282 e. The van der Waals surface area contributed by atoms with Gasteiger partial charge in [0.1, 0.15) is 24.0 Å². The van der Waals surface area contributed by atoms with Crippen molar-refractivity contribution in [1.29, 1.82) is 0 Å². The van der Waals surface area contributed by atoms with Crippen LogP contribution in [-0.4, -0.2) is 20.8 Å². The van der Waals surface area contributed by atoms with Crippen LogP contribution in [-0.2, 0) is 6.61 Å². The van der Waals surface area contributed by atoms with Crippen LogP contribution in [0.5, 0.6) is 5.75 Å². The SMILES string of the molecule is O=c1c2cc(Br)ccc2nc(C2CCCCC2)n1N=Cc1cc([N+](=O)[O-])ccc1OCc1ccccc1F. The molecule has 1 saturated carbocycles. The van der Waals surface area contributed by atoms with Gasteiger partial charge in [-0.2, -0.15) is 9.78 Å². The predicted octanol–water partition coefficient (Wildman–Crippen LogP) is 6.72. The Bertz CT molecular complexity index is 1600. The molecule has 1 aromatic heterocycles. The monoisotopic (exact) mass is 578 g/mol. The van der Waals surface area contributed by atoms with Crippen molar-refractivity contribution in [2.75, 3.05) is 0 Å². The fourth-order valence-corrected chi connectivity index (χ4v) is 5.04. The number of nitro groups is 1. The quantitative estimate of drug-likeness (QED) is 0.138. The third-order valence-corrected chi connectivity index (χ3v) is 7.15. The third kappa shape index (κ3) is 5.50. The van der Waals surface area contributed by atoms with E-state index in [1.165, 1.54) is 35.2 Å². The second-order valence-corrected chi connectivity index (χ2v) is 10.1. The lowest BCUT2D eigenvalue weighted by molar-refractivity contribution is -0.384. The van der Waals surface area contributed by atoms with Gasteiger partial charge in [0, 0.05) is 33.7 Å². The molecule has 8 nitrogen and oxygen atoms in total. The number of hydrogen-bond acceptors (Lipinski definition) is 6. The number of hydrogen-bond donors (Lipinski definition) is 0. The molecule has 5 rings (SSSR count). The third-order valence-electron chi connectivity index (χ3n) is 6.66. The molecule has 0 amide bonds. The van der Waals surface area contributed by atoms with E-state index >= 15 is 0 Å². The first-order valence-electron chi connectivity index (χ1n) is 12.3. The minimum atomic E-state index is -0.521. The largest absolute Gasteiger partial charge is 0.488 e. The fraction of sp³-hybridized carbons (Fsp3) is 0.250. The number of nitro benzene ring substituents is 1. The lowest BCUT2D eigenvalue weighted by atomic mass is 9.88. The zero-order valence-corrected chi connectivity index (χ0v) is 21.9. The lowest BCUT2D eigenvalue weighted by Crippen LogP contribution is -2.25. The number of aromatic nitrogens is 2. The Kier molecular flexibility index (Phi) is 7.59. The van der Waals surface area contributed by atoms with Gasteiger partial charge in [-0.25, -0.2) is 9.37 Å². The van der Waals surface area contributed by atoms with Crippen molar-refractivity contribution in [2.45, 2.75) is 44.6 Å². The Labute approximate surface area is 226 Å². The predicted molar refractivity (Wildman–Crippen MR) is 146 cm³/mol. The van der Waals surface area contributed by atoms with Gasteiger partial charge in [0.05, 0.1) is 22.0 Å². The molecule has 0 spiro atoms. The maximum atomic E-state index is 14.1. The summed E-state index contributed by atoms with van der Waals surface area (Å²) in [7, 11) is 0. The van der Waals surface area contributed by atoms with Crippen molar-refractivity contribution in [1.82, 2.24) is 9.66 Å². The van der Waals surface area contributed by atoms with Crippen LogP contribution >= 0.6 is 15.9 Å². The average molecular weight is 579 g/mol. The Morgan fingerprint density at radius 2 is 1.92 bits per heavy atom. The van der Waals surface area contributed by atoms with E-state index in [4.69, 9.17) is 9.72 Å². The van der Waals surface area contributed by atoms with E-state index in [0.29, 0.717) is 22.3 Å². The van der Waals surface area contributed by atoms with E-state index in [-0.39, 0.29) is 35.1 Å². The normalized spacial score (nSPS) is 14.3. The van der Waals surface area contributed by atoms with Crippen LogP contribution in [0.25, 0.3) is 10.9 Å². The van der Waals surface area contributed by atoms with Gasteiger partial charge >= 0.3 is 0 Å². The van der Waals surface area contributed by atoms with Crippen LogP contribution in [0, 0.1) is 15.9 Å². The van der Waals surface area contributed by atoms with Gasteiger partial charge in [0.2, 0.25) is 0 Å². The van der Waals surface area contributed by atoms with Gasteiger partial charge in [-0.15, -0.1) is 0 Å². The molecule has 1 fully saturated rings. The first kappa shape index (κ1) is 25.7. The summed E-state index contributed by atoms with van der Waals surface area (Å²) in [6.07, 6.45) is 6.39. The van der Waals surface area contributed by atoms with E-state index < -0.39 is 10.7 Å². The van der Waals surface area contributed by atoms with Crippen molar-refractivity contribution in [3.05, 3.63) is 108 Å². The van der Waals surface area contributed by atoms with E-state index in [1.807, 2.05) is 6.07 Å². The Hall–Kier alpha value is -3.92. The Morgan fingerprint density at radius 1 is 1.13 bits per heavy atom. The Morgan fingerprint density at radius 3 is 2.68 bits per heavy atom. The number of fused-ring (bicyclic) bond motifs is 1. The van der Waals surface area contributed by atoms with E-state index in [1.54, 1.807) is 30.3 Å². The highest BCUT2D eigenvalue weighted by atomic mass is 79.9. The summed E-state index contributed by atoms with van der Waals surface area (Å²) in [5, 5.41) is 16.4.